The topological polar surface area (TPSA) is 113 Å². The first-order chi connectivity index (χ1) is 13.0. The molecule has 144 valence electrons. The van der Waals surface area contributed by atoms with Gasteiger partial charge in [-0.1, -0.05) is 6.07 Å². The lowest BCUT2D eigenvalue weighted by Gasteiger charge is -2.09. The van der Waals surface area contributed by atoms with E-state index in [4.69, 9.17) is 9.47 Å². The molecule has 27 heavy (non-hydrogen) atoms. The van der Waals surface area contributed by atoms with Crippen LogP contribution in [0.2, 0.25) is 0 Å². The van der Waals surface area contributed by atoms with E-state index in [-0.39, 0.29) is 23.8 Å². The molecule has 0 spiro atoms. The maximum atomic E-state index is 11.8. The molecule has 0 bridgehead atoms. The van der Waals surface area contributed by atoms with Crippen LogP contribution < -0.4 is 20.3 Å². The smallest absolute Gasteiger partial charge is 0.285 e. The van der Waals surface area contributed by atoms with Crippen LogP contribution in [0.15, 0.2) is 47.4 Å². The Morgan fingerprint density at radius 2 is 2.00 bits per heavy atom. The van der Waals surface area contributed by atoms with Crippen molar-refractivity contribution >= 4 is 11.6 Å². The molecule has 0 unspecified atom stereocenters. The van der Waals surface area contributed by atoms with Crippen LogP contribution >= 0.6 is 0 Å². The van der Waals surface area contributed by atoms with Gasteiger partial charge < -0.3 is 19.4 Å². The van der Waals surface area contributed by atoms with E-state index in [1.54, 1.807) is 31.4 Å². The molecule has 2 rings (SSSR count). The monoisotopic (exact) mass is 375 g/mol. The van der Waals surface area contributed by atoms with Crippen molar-refractivity contribution in [1.29, 1.82) is 0 Å². The summed E-state index contributed by atoms with van der Waals surface area (Å²) in [6, 6.07) is 9.31. The van der Waals surface area contributed by atoms with Gasteiger partial charge in [-0.2, -0.15) is 0 Å². The number of carbonyl (C=O) groups is 1. The largest absolute Gasteiger partial charge is 0.497 e. The third kappa shape index (κ3) is 6.46. The number of nitro groups is 1. The Morgan fingerprint density at radius 1 is 1.22 bits per heavy atom. The molecule has 1 heterocycles. The number of methoxy groups -OCH3 is 1. The van der Waals surface area contributed by atoms with Crippen molar-refractivity contribution in [1.82, 2.24) is 9.88 Å². The van der Waals surface area contributed by atoms with Gasteiger partial charge >= 0.3 is 0 Å². The number of pyridine rings is 1. The Morgan fingerprint density at radius 3 is 2.74 bits per heavy atom. The third-order valence-corrected chi connectivity index (χ3v) is 3.74. The highest BCUT2D eigenvalue weighted by molar-refractivity contribution is 5.77. The van der Waals surface area contributed by atoms with Crippen LogP contribution in [0.5, 0.6) is 11.5 Å². The van der Waals surface area contributed by atoms with E-state index in [9.17, 15) is 19.7 Å². The van der Waals surface area contributed by atoms with Gasteiger partial charge in [0.25, 0.3) is 17.2 Å². The van der Waals surface area contributed by atoms with Gasteiger partial charge in [-0.25, -0.2) is 0 Å². The van der Waals surface area contributed by atoms with Gasteiger partial charge in [0.05, 0.1) is 18.2 Å². The summed E-state index contributed by atoms with van der Waals surface area (Å²) in [5.41, 5.74) is -0.422. The van der Waals surface area contributed by atoms with Crippen LogP contribution in [-0.4, -0.2) is 35.7 Å². The average Bonchev–Trinajstić information content (AvgIpc) is 2.67. The molecule has 1 aromatic heterocycles. The first-order valence-electron chi connectivity index (χ1n) is 8.38. The zero-order valence-corrected chi connectivity index (χ0v) is 14.9. The molecule has 2 aromatic rings. The van der Waals surface area contributed by atoms with Crippen molar-refractivity contribution in [2.24, 2.45) is 0 Å². The SMILES string of the molecule is COc1cccc(OCC(=O)NCCCCn2cc([N+](=O)[O-])ccc2=O)c1. The number of hydrogen-bond acceptors (Lipinski definition) is 6. The highest BCUT2D eigenvalue weighted by atomic mass is 16.6. The second kappa shape index (κ2) is 9.95. The molecule has 0 saturated carbocycles. The molecule has 9 heteroatoms. The molecule has 1 N–H and O–H groups in total. The lowest BCUT2D eigenvalue weighted by molar-refractivity contribution is -0.385. The predicted octanol–water partition coefficient (Wildman–Crippen LogP) is 1.74. The summed E-state index contributed by atoms with van der Waals surface area (Å²) < 4.78 is 11.8. The number of amides is 1. The summed E-state index contributed by atoms with van der Waals surface area (Å²) in [5.74, 6) is 0.921. The fourth-order valence-corrected chi connectivity index (χ4v) is 2.33. The minimum Gasteiger partial charge on any atom is -0.497 e. The van der Waals surface area contributed by atoms with Crippen LogP contribution in [0.25, 0.3) is 0 Å². The lowest BCUT2D eigenvalue weighted by Crippen LogP contribution is -2.30. The number of aryl methyl sites for hydroxylation is 1. The van der Waals surface area contributed by atoms with Crippen molar-refractivity contribution in [3.63, 3.8) is 0 Å². The molecule has 1 aromatic carbocycles. The summed E-state index contributed by atoms with van der Waals surface area (Å²) in [4.78, 5) is 33.7. The number of nitrogens with zero attached hydrogens (tertiary/aromatic N) is 2. The quantitative estimate of drug-likeness (QED) is 0.384. The maximum absolute atomic E-state index is 11.8. The Hall–Kier alpha value is -3.36. The standard InChI is InChI=1S/C18H21N3O6/c1-26-15-5-4-6-16(11-15)27-13-17(22)19-9-2-3-10-20-12-14(21(24)25)7-8-18(20)23/h4-8,11-12H,2-3,9-10,13H2,1H3,(H,19,22). The van der Waals surface area contributed by atoms with Crippen LogP contribution in [-0.2, 0) is 11.3 Å². The minimum atomic E-state index is -0.543. The molecule has 0 aliphatic rings. The van der Waals surface area contributed by atoms with Crippen molar-refractivity contribution in [3.8, 4) is 11.5 Å². The van der Waals surface area contributed by atoms with Crippen molar-refractivity contribution in [2.45, 2.75) is 19.4 Å². The zero-order valence-electron chi connectivity index (χ0n) is 14.9. The number of carbonyl (C=O) groups excluding carboxylic acids is 1. The number of benzene rings is 1. The van der Waals surface area contributed by atoms with Gasteiger partial charge in [0.1, 0.15) is 11.5 Å². The van der Waals surface area contributed by atoms with Crippen LogP contribution in [0.4, 0.5) is 5.69 Å². The number of unbranched alkanes of at least 4 members (excludes halogenated alkanes) is 1. The molecule has 0 radical (unpaired) electrons. The Kier molecular flexibility index (Phi) is 7.36. The molecular formula is C18H21N3O6. The van der Waals surface area contributed by atoms with E-state index >= 15 is 0 Å². The fraction of sp³-hybridized carbons (Fsp3) is 0.333. The maximum Gasteiger partial charge on any atom is 0.285 e. The van der Waals surface area contributed by atoms with Gasteiger partial charge in [0.15, 0.2) is 6.61 Å². The molecule has 0 saturated heterocycles. The van der Waals surface area contributed by atoms with E-state index in [1.807, 2.05) is 0 Å². The van der Waals surface area contributed by atoms with E-state index in [1.165, 1.54) is 22.9 Å². The van der Waals surface area contributed by atoms with Crippen LogP contribution in [0, 0.1) is 10.1 Å². The van der Waals surface area contributed by atoms with E-state index < -0.39 is 4.92 Å². The molecule has 0 aliphatic heterocycles. The molecule has 0 fully saturated rings. The first-order valence-corrected chi connectivity index (χ1v) is 8.38. The number of ether oxygens (including phenoxy) is 2. The first kappa shape index (κ1) is 20.0. The van der Waals surface area contributed by atoms with Gasteiger partial charge in [-0.05, 0) is 25.0 Å². The fourth-order valence-electron chi connectivity index (χ4n) is 2.33. The van der Waals surface area contributed by atoms with Gasteiger partial charge in [-0.3, -0.25) is 19.7 Å². The average molecular weight is 375 g/mol. The van der Waals surface area contributed by atoms with Crippen LogP contribution in [0.1, 0.15) is 12.8 Å². The Labute approximate surface area is 155 Å². The van der Waals surface area contributed by atoms with Crippen molar-refractivity contribution in [2.75, 3.05) is 20.3 Å². The van der Waals surface area contributed by atoms with Crippen molar-refractivity contribution in [3.05, 3.63) is 63.1 Å². The second-order valence-corrected chi connectivity index (χ2v) is 5.70. The predicted molar refractivity (Wildman–Crippen MR) is 98.1 cm³/mol. The van der Waals surface area contributed by atoms with Gasteiger partial charge in [0.2, 0.25) is 0 Å². The second-order valence-electron chi connectivity index (χ2n) is 5.70. The number of nitrogens with one attached hydrogen (secondary N) is 1. The Bertz CT molecular complexity index is 849. The summed E-state index contributed by atoms with van der Waals surface area (Å²) in [7, 11) is 1.55. The molecule has 0 atom stereocenters. The number of hydrogen-bond donors (Lipinski definition) is 1. The van der Waals surface area contributed by atoms with Crippen molar-refractivity contribution < 1.29 is 19.2 Å². The lowest BCUT2D eigenvalue weighted by atomic mass is 10.3. The third-order valence-electron chi connectivity index (χ3n) is 3.74. The van der Waals surface area contributed by atoms with Gasteiger partial charge in [0, 0.05) is 31.3 Å². The van der Waals surface area contributed by atoms with E-state index in [2.05, 4.69) is 5.32 Å². The normalized spacial score (nSPS) is 10.3. The molecular weight excluding hydrogens is 354 g/mol. The van der Waals surface area contributed by atoms with E-state index in [0.29, 0.717) is 37.4 Å². The zero-order chi connectivity index (χ0) is 19.6. The minimum absolute atomic E-state index is 0.114. The summed E-state index contributed by atoms with van der Waals surface area (Å²) in [6.45, 7) is 0.651. The summed E-state index contributed by atoms with van der Waals surface area (Å²) in [5, 5.41) is 13.5. The van der Waals surface area contributed by atoms with Gasteiger partial charge in [-0.15, -0.1) is 0 Å². The number of aromatic nitrogens is 1. The molecule has 9 nitrogen and oxygen atoms in total. The highest BCUT2D eigenvalue weighted by Gasteiger charge is 2.08. The Balaban J connectivity index is 1.68. The van der Waals surface area contributed by atoms with Crippen LogP contribution in [0.3, 0.4) is 0 Å². The van der Waals surface area contributed by atoms with E-state index in [0.717, 1.165) is 0 Å². The molecule has 0 aliphatic carbocycles. The summed E-state index contributed by atoms with van der Waals surface area (Å²) in [6.07, 6.45) is 2.45. The molecule has 1 amide bonds. The number of rotatable bonds is 10. The summed E-state index contributed by atoms with van der Waals surface area (Å²) >= 11 is 0. The highest BCUT2D eigenvalue weighted by Crippen LogP contribution is 2.18.